The lowest BCUT2D eigenvalue weighted by Gasteiger charge is -2.39. The number of halogens is 1. The second-order valence-electron chi connectivity index (χ2n) is 7.48. The van der Waals surface area contributed by atoms with E-state index in [9.17, 15) is 14.0 Å². The maximum Gasteiger partial charge on any atom is 0.336 e. The van der Waals surface area contributed by atoms with Crippen LogP contribution in [-0.4, -0.2) is 17.7 Å². The molecule has 0 spiro atoms. The van der Waals surface area contributed by atoms with Gasteiger partial charge in [0, 0.05) is 30.0 Å². The van der Waals surface area contributed by atoms with Crippen LogP contribution in [-0.2, 0) is 16.0 Å². The van der Waals surface area contributed by atoms with Gasteiger partial charge in [0.1, 0.15) is 28.9 Å². The van der Waals surface area contributed by atoms with Gasteiger partial charge in [0.15, 0.2) is 0 Å². The molecule has 3 aromatic rings. The van der Waals surface area contributed by atoms with Crippen molar-refractivity contribution in [3.8, 4) is 5.75 Å². The summed E-state index contributed by atoms with van der Waals surface area (Å²) in [5.41, 5.74) is 0.667. The Morgan fingerprint density at radius 2 is 2.03 bits per heavy atom. The van der Waals surface area contributed by atoms with Crippen LogP contribution in [0.5, 0.6) is 5.75 Å². The molecule has 0 amide bonds. The van der Waals surface area contributed by atoms with Crippen molar-refractivity contribution < 1.29 is 23.1 Å². The van der Waals surface area contributed by atoms with Crippen molar-refractivity contribution >= 4 is 23.0 Å². The summed E-state index contributed by atoms with van der Waals surface area (Å²) in [7, 11) is 0. The fourth-order valence-electron chi connectivity index (χ4n) is 3.33. The first-order valence-corrected chi connectivity index (χ1v) is 9.20. The summed E-state index contributed by atoms with van der Waals surface area (Å²) in [6, 6.07) is 12.5. The van der Waals surface area contributed by atoms with Gasteiger partial charge in [-0.1, -0.05) is 12.1 Å². The Balaban J connectivity index is 1.55. The van der Waals surface area contributed by atoms with Gasteiger partial charge in [-0.3, -0.25) is 0 Å². The van der Waals surface area contributed by atoms with Crippen LogP contribution in [0, 0.1) is 5.82 Å². The molecule has 4 rings (SSSR count). The summed E-state index contributed by atoms with van der Waals surface area (Å²) in [5.74, 6) is -0.312. The van der Waals surface area contributed by atoms with Crippen molar-refractivity contribution in [3.63, 3.8) is 0 Å². The molecule has 5 nitrogen and oxygen atoms in total. The Morgan fingerprint density at radius 1 is 1.21 bits per heavy atom. The van der Waals surface area contributed by atoms with Gasteiger partial charge in [0.05, 0.1) is 0 Å². The quantitative estimate of drug-likeness (QED) is 0.377. The van der Waals surface area contributed by atoms with Gasteiger partial charge in [-0.2, -0.15) is 0 Å². The Bertz CT molecular complexity index is 1180. The molecular formula is C23H19FO5. The molecule has 0 fully saturated rings. The van der Waals surface area contributed by atoms with E-state index in [1.807, 2.05) is 19.9 Å². The Morgan fingerprint density at radius 3 is 2.83 bits per heavy atom. The lowest BCUT2D eigenvalue weighted by atomic mass is 9.90. The molecule has 1 aliphatic heterocycles. The maximum absolute atomic E-state index is 13.2. The van der Waals surface area contributed by atoms with E-state index < -0.39 is 23.3 Å². The Hall–Kier alpha value is -3.41. The molecule has 1 aromatic heterocycles. The summed E-state index contributed by atoms with van der Waals surface area (Å²) < 4.78 is 30.1. The summed E-state index contributed by atoms with van der Waals surface area (Å²) in [6.45, 7) is 3.66. The van der Waals surface area contributed by atoms with E-state index in [-0.39, 0.29) is 5.82 Å². The minimum absolute atomic E-state index is 0.373. The summed E-state index contributed by atoms with van der Waals surface area (Å²) >= 11 is 0. The fraction of sp³-hybridized carbons (Fsp3) is 0.217. The average Bonchev–Trinajstić information content (AvgIpc) is 2.65. The monoisotopic (exact) mass is 394 g/mol. The molecular weight excluding hydrogens is 375 g/mol. The highest BCUT2D eigenvalue weighted by Crippen LogP contribution is 2.37. The number of fused-ring (bicyclic) bond motifs is 2. The van der Waals surface area contributed by atoms with E-state index in [1.54, 1.807) is 24.3 Å². The first-order chi connectivity index (χ1) is 13.8. The van der Waals surface area contributed by atoms with Crippen molar-refractivity contribution in [2.24, 2.45) is 0 Å². The van der Waals surface area contributed by atoms with Crippen LogP contribution in [0.2, 0.25) is 0 Å². The van der Waals surface area contributed by atoms with Crippen LogP contribution < -0.4 is 10.4 Å². The van der Waals surface area contributed by atoms with Gasteiger partial charge in [0.25, 0.3) is 0 Å². The number of esters is 1. The number of rotatable bonds is 3. The highest BCUT2D eigenvalue weighted by atomic mass is 19.1. The number of ether oxygens (including phenoxy) is 2. The molecule has 2 heterocycles. The third kappa shape index (κ3) is 4.06. The molecule has 0 bridgehead atoms. The van der Waals surface area contributed by atoms with E-state index in [0.29, 0.717) is 23.3 Å². The summed E-state index contributed by atoms with van der Waals surface area (Å²) in [6.07, 6.45) is 2.71. The highest BCUT2D eigenvalue weighted by Gasteiger charge is 2.39. The molecule has 0 unspecified atom stereocenters. The predicted octanol–water partition coefficient (Wildman–Crippen LogP) is 4.27. The number of carbonyl (C=O) groups excluding carboxylic acids is 1. The van der Waals surface area contributed by atoms with Crippen molar-refractivity contribution in [2.75, 3.05) is 0 Å². The molecule has 0 saturated heterocycles. The number of carbonyl (C=O) groups is 1. The van der Waals surface area contributed by atoms with Crippen molar-refractivity contribution in [1.82, 2.24) is 0 Å². The van der Waals surface area contributed by atoms with E-state index in [1.165, 1.54) is 30.4 Å². The van der Waals surface area contributed by atoms with E-state index in [2.05, 4.69) is 0 Å². The van der Waals surface area contributed by atoms with E-state index in [4.69, 9.17) is 13.9 Å². The molecule has 148 valence electrons. The molecule has 0 N–H and O–H groups in total. The zero-order chi connectivity index (χ0) is 20.6. The predicted molar refractivity (Wildman–Crippen MR) is 106 cm³/mol. The number of hydrogen-bond acceptors (Lipinski definition) is 5. The molecule has 1 aliphatic rings. The van der Waals surface area contributed by atoms with Crippen LogP contribution in [0.3, 0.4) is 0 Å². The minimum atomic E-state index is -0.780. The van der Waals surface area contributed by atoms with Gasteiger partial charge in [-0.25, -0.2) is 14.0 Å². The lowest BCUT2D eigenvalue weighted by Crippen LogP contribution is -2.48. The minimum Gasteiger partial charge on any atom is -0.484 e. The van der Waals surface area contributed by atoms with Crippen LogP contribution in [0.4, 0.5) is 4.39 Å². The van der Waals surface area contributed by atoms with Crippen molar-refractivity contribution in [2.45, 2.75) is 32.0 Å². The largest absolute Gasteiger partial charge is 0.484 e. The zero-order valence-corrected chi connectivity index (χ0v) is 16.0. The molecule has 0 saturated carbocycles. The SMILES string of the molecule is CC1(C)Oc2cc3oc(=O)ccc3cc2C[C@@H]1OC(=O)/C=C/c1cccc(F)c1. The zero-order valence-electron chi connectivity index (χ0n) is 16.0. The van der Waals surface area contributed by atoms with Gasteiger partial charge in [-0.15, -0.1) is 0 Å². The standard InChI is InChI=1S/C23H19FO5/c1-23(2)20(28-22(26)8-6-14-4-3-5-17(24)10-14)12-16-11-15-7-9-21(25)27-18(15)13-19(16)29-23/h3-11,13,20H,12H2,1-2H3/b8-6+/t20-/m0/s1. The van der Waals surface area contributed by atoms with Crippen LogP contribution in [0.1, 0.15) is 25.0 Å². The summed E-state index contributed by atoms with van der Waals surface area (Å²) in [5, 5.41) is 0.766. The van der Waals surface area contributed by atoms with E-state index >= 15 is 0 Å². The van der Waals surface area contributed by atoms with Gasteiger partial charge < -0.3 is 13.9 Å². The first kappa shape index (κ1) is 18.9. The second-order valence-corrected chi connectivity index (χ2v) is 7.48. The molecule has 0 aliphatic carbocycles. The van der Waals surface area contributed by atoms with Gasteiger partial charge in [0.2, 0.25) is 0 Å². The molecule has 6 heteroatoms. The third-order valence-electron chi connectivity index (χ3n) is 4.88. The van der Waals surface area contributed by atoms with Crippen LogP contribution in [0.25, 0.3) is 17.0 Å². The number of benzene rings is 2. The smallest absolute Gasteiger partial charge is 0.336 e. The molecule has 0 radical (unpaired) electrons. The topological polar surface area (TPSA) is 65.7 Å². The van der Waals surface area contributed by atoms with Crippen molar-refractivity contribution in [3.05, 3.63) is 82.0 Å². The molecule has 1 atom stereocenters. The number of hydrogen-bond donors (Lipinski definition) is 0. The van der Waals surface area contributed by atoms with Gasteiger partial charge in [-0.05, 0) is 55.3 Å². The molecule has 2 aromatic carbocycles. The van der Waals surface area contributed by atoms with Gasteiger partial charge >= 0.3 is 11.6 Å². The summed E-state index contributed by atoms with van der Waals surface area (Å²) in [4.78, 5) is 23.8. The normalized spacial score (nSPS) is 17.7. The highest BCUT2D eigenvalue weighted by molar-refractivity contribution is 5.87. The van der Waals surface area contributed by atoms with E-state index in [0.717, 1.165) is 10.9 Å². The second kappa shape index (κ2) is 7.20. The first-order valence-electron chi connectivity index (χ1n) is 9.20. The fourth-order valence-corrected chi connectivity index (χ4v) is 3.33. The van der Waals surface area contributed by atoms with Crippen LogP contribution >= 0.6 is 0 Å². The third-order valence-corrected chi connectivity index (χ3v) is 4.88. The molecule has 29 heavy (non-hydrogen) atoms. The van der Waals surface area contributed by atoms with Crippen LogP contribution in [0.15, 0.2) is 63.8 Å². The average molecular weight is 394 g/mol. The maximum atomic E-state index is 13.2. The van der Waals surface area contributed by atoms with Crippen molar-refractivity contribution in [1.29, 1.82) is 0 Å². The Kier molecular flexibility index (Phi) is 4.70. The lowest BCUT2D eigenvalue weighted by molar-refractivity contribution is -0.155. The Labute approximate surface area is 166 Å².